The Morgan fingerprint density at radius 1 is 1.14 bits per heavy atom. The van der Waals surface area contributed by atoms with E-state index in [9.17, 15) is 9.59 Å². The van der Waals surface area contributed by atoms with E-state index in [4.69, 9.17) is 16.3 Å². The van der Waals surface area contributed by atoms with Crippen molar-refractivity contribution in [3.05, 3.63) is 64.7 Å². The predicted molar refractivity (Wildman–Crippen MR) is 116 cm³/mol. The van der Waals surface area contributed by atoms with Gasteiger partial charge in [0.2, 0.25) is 5.91 Å². The standard InChI is InChI=1S/C23H29ClN2O3/c1-16-7-6-8-18(13-16)14-26(17(2)22(28)25-23(3,4)5)21(27)15-29-20-11-9-19(24)10-12-20/h6-13,17H,14-15H2,1-5H3,(H,25,28)/t17-/m1/s1. The van der Waals surface area contributed by atoms with Crippen molar-refractivity contribution in [3.63, 3.8) is 0 Å². The monoisotopic (exact) mass is 416 g/mol. The average Bonchev–Trinajstić information content (AvgIpc) is 2.63. The maximum absolute atomic E-state index is 13.0. The molecule has 0 aromatic heterocycles. The van der Waals surface area contributed by atoms with Crippen LogP contribution in [-0.4, -0.2) is 34.9 Å². The van der Waals surface area contributed by atoms with Gasteiger partial charge in [0.05, 0.1) is 0 Å². The van der Waals surface area contributed by atoms with Gasteiger partial charge in [0.1, 0.15) is 11.8 Å². The van der Waals surface area contributed by atoms with Crippen molar-refractivity contribution in [3.8, 4) is 5.75 Å². The summed E-state index contributed by atoms with van der Waals surface area (Å²) in [4.78, 5) is 27.2. The van der Waals surface area contributed by atoms with Crippen molar-refractivity contribution in [1.29, 1.82) is 0 Å². The van der Waals surface area contributed by atoms with E-state index in [0.29, 0.717) is 17.3 Å². The van der Waals surface area contributed by atoms with Gasteiger partial charge in [0.15, 0.2) is 6.61 Å². The zero-order valence-electron chi connectivity index (χ0n) is 17.7. The molecule has 1 N–H and O–H groups in total. The fraction of sp³-hybridized carbons (Fsp3) is 0.391. The van der Waals surface area contributed by atoms with E-state index in [1.807, 2.05) is 52.0 Å². The van der Waals surface area contributed by atoms with E-state index < -0.39 is 6.04 Å². The van der Waals surface area contributed by atoms with Crippen molar-refractivity contribution < 1.29 is 14.3 Å². The Labute approximate surface area is 178 Å². The molecule has 156 valence electrons. The molecule has 0 unspecified atom stereocenters. The number of amides is 2. The van der Waals surface area contributed by atoms with Crippen molar-refractivity contribution in [2.24, 2.45) is 0 Å². The molecule has 1 atom stereocenters. The van der Waals surface area contributed by atoms with Crippen LogP contribution in [-0.2, 0) is 16.1 Å². The van der Waals surface area contributed by atoms with Gasteiger partial charge in [0, 0.05) is 17.1 Å². The number of nitrogens with one attached hydrogen (secondary N) is 1. The van der Waals surface area contributed by atoms with E-state index in [1.54, 1.807) is 36.1 Å². The maximum Gasteiger partial charge on any atom is 0.261 e. The molecule has 0 aliphatic rings. The summed E-state index contributed by atoms with van der Waals surface area (Å²) >= 11 is 5.88. The Morgan fingerprint density at radius 3 is 2.38 bits per heavy atom. The van der Waals surface area contributed by atoms with Crippen molar-refractivity contribution in [1.82, 2.24) is 10.2 Å². The third kappa shape index (κ3) is 7.42. The summed E-state index contributed by atoms with van der Waals surface area (Å²) in [5, 5.41) is 3.54. The van der Waals surface area contributed by atoms with Crippen LogP contribution in [0.15, 0.2) is 48.5 Å². The zero-order valence-corrected chi connectivity index (χ0v) is 18.4. The van der Waals surface area contributed by atoms with Crippen molar-refractivity contribution in [2.45, 2.75) is 52.7 Å². The van der Waals surface area contributed by atoms with Crippen LogP contribution in [0.2, 0.25) is 5.02 Å². The second kappa shape index (κ2) is 9.79. The molecule has 2 amide bonds. The molecule has 0 bridgehead atoms. The lowest BCUT2D eigenvalue weighted by Gasteiger charge is -2.31. The van der Waals surface area contributed by atoms with Crippen LogP contribution in [0.25, 0.3) is 0 Å². The first-order valence-corrected chi connectivity index (χ1v) is 9.98. The minimum Gasteiger partial charge on any atom is -0.484 e. The van der Waals surface area contributed by atoms with Gasteiger partial charge in [-0.2, -0.15) is 0 Å². The number of benzene rings is 2. The number of carbonyl (C=O) groups excluding carboxylic acids is 2. The molecule has 2 rings (SSSR count). The first kappa shape index (κ1) is 22.8. The second-order valence-electron chi connectivity index (χ2n) is 8.17. The highest BCUT2D eigenvalue weighted by Crippen LogP contribution is 2.17. The van der Waals surface area contributed by atoms with Gasteiger partial charge in [-0.1, -0.05) is 41.4 Å². The highest BCUT2D eigenvalue weighted by molar-refractivity contribution is 6.30. The highest BCUT2D eigenvalue weighted by Gasteiger charge is 2.28. The highest BCUT2D eigenvalue weighted by atomic mass is 35.5. The van der Waals surface area contributed by atoms with E-state index in [2.05, 4.69) is 5.32 Å². The molecule has 0 heterocycles. The Hall–Kier alpha value is -2.53. The lowest BCUT2D eigenvalue weighted by Crippen LogP contribution is -2.53. The smallest absolute Gasteiger partial charge is 0.261 e. The number of hydrogen-bond acceptors (Lipinski definition) is 3. The molecule has 0 radical (unpaired) electrons. The number of carbonyl (C=O) groups is 2. The van der Waals surface area contributed by atoms with Crippen LogP contribution in [0.5, 0.6) is 5.75 Å². The molecule has 5 nitrogen and oxygen atoms in total. The lowest BCUT2D eigenvalue weighted by atomic mass is 10.1. The van der Waals surface area contributed by atoms with Crippen LogP contribution in [0, 0.1) is 6.92 Å². The Bertz CT molecular complexity index is 844. The van der Waals surface area contributed by atoms with E-state index >= 15 is 0 Å². The number of halogens is 1. The predicted octanol–water partition coefficient (Wildman–Crippen LogP) is 4.36. The average molecular weight is 417 g/mol. The molecule has 0 aliphatic heterocycles. The largest absolute Gasteiger partial charge is 0.484 e. The third-order valence-corrected chi connectivity index (χ3v) is 4.53. The van der Waals surface area contributed by atoms with Crippen LogP contribution in [0.1, 0.15) is 38.8 Å². The third-order valence-electron chi connectivity index (χ3n) is 4.28. The topological polar surface area (TPSA) is 58.6 Å². The molecule has 29 heavy (non-hydrogen) atoms. The quantitative estimate of drug-likeness (QED) is 0.729. The van der Waals surface area contributed by atoms with Gasteiger partial charge < -0.3 is 15.0 Å². The summed E-state index contributed by atoms with van der Waals surface area (Å²) in [5.74, 6) is 0.0769. The molecule has 0 aliphatic carbocycles. The first-order valence-electron chi connectivity index (χ1n) is 9.60. The SMILES string of the molecule is Cc1cccc(CN(C(=O)COc2ccc(Cl)cc2)[C@H](C)C(=O)NC(C)(C)C)c1. The van der Waals surface area contributed by atoms with Crippen molar-refractivity contribution in [2.75, 3.05) is 6.61 Å². The molecule has 0 saturated heterocycles. The summed E-state index contributed by atoms with van der Waals surface area (Å²) in [6.45, 7) is 9.62. The molecule has 0 fully saturated rings. The fourth-order valence-corrected chi connectivity index (χ4v) is 2.95. The minimum atomic E-state index is -0.643. The summed E-state index contributed by atoms with van der Waals surface area (Å²) in [5.41, 5.74) is 1.67. The number of aryl methyl sites for hydroxylation is 1. The fourth-order valence-electron chi connectivity index (χ4n) is 2.82. The van der Waals surface area contributed by atoms with E-state index in [0.717, 1.165) is 11.1 Å². The number of hydrogen-bond donors (Lipinski definition) is 1. The number of nitrogens with zero attached hydrogens (tertiary/aromatic N) is 1. The first-order chi connectivity index (χ1) is 13.5. The molecular formula is C23H29ClN2O3. The molecular weight excluding hydrogens is 388 g/mol. The molecule has 2 aromatic rings. The van der Waals surface area contributed by atoms with Crippen LogP contribution < -0.4 is 10.1 Å². The van der Waals surface area contributed by atoms with Gasteiger partial charge in [0.25, 0.3) is 5.91 Å². The lowest BCUT2D eigenvalue weighted by molar-refractivity contribution is -0.142. The molecule has 6 heteroatoms. The van der Waals surface area contributed by atoms with Crippen LogP contribution in [0.3, 0.4) is 0 Å². The molecule has 0 saturated carbocycles. The van der Waals surface area contributed by atoms with Crippen molar-refractivity contribution >= 4 is 23.4 Å². The van der Waals surface area contributed by atoms with E-state index in [-0.39, 0.29) is 24.0 Å². The second-order valence-corrected chi connectivity index (χ2v) is 8.60. The van der Waals surface area contributed by atoms with E-state index in [1.165, 1.54) is 0 Å². The number of rotatable bonds is 7. The summed E-state index contributed by atoms with van der Waals surface area (Å²) < 4.78 is 5.61. The zero-order chi connectivity index (χ0) is 21.6. The summed E-state index contributed by atoms with van der Waals surface area (Å²) in [6.07, 6.45) is 0. The van der Waals surface area contributed by atoms with Gasteiger partial charge in [-0.05, 0) is 64.4 Å². The molecule has 0 spiro atoms. The Morgan fingerprint density at radius 2 is 1.79 bits per heavy atom. The summed E-state index contributed by atoms with van der Waals surface area (Å²) in [6, 6.07) is 14.1. The van der Waals surface area contributed by atoms with Crippen LogP contribution >= 0.6 is 11.6 Å². The van der Waals surface area contributed by atoms with Gasteiger partial charge in [-0.15, -0.1) is 0 Å². The normalized spacial score (nSPS) is 12.2. The Balaban J connectivity index is 2.16. The summed E-state index contributed by atoms with van der Waals surface area (Å²) in [7, 11) is 0. The Kier molecular flexibility index (Phi) is 7.68. The molecule has 2 aromatic carbocycles. The van der Waals surface area contributed by atoms with Crippen LogP contribution in [0.4, 0.5) is 0 Å². The van der Waals surface area contributed by atoms with Gasteiger partial charge >= 0.3 is 0 Å². The van der Waals surface area contributed by atoms with Gasteiger partial charge in [-0.3, -0.25) is 9.59 Å². The minimum absolute atomic E-state index is 0.166. The maximum atomic E-state index is 13.0. The number of ether oxygens (including phenoxy) is 1. The van der Waals surface area contributed by atoms with Gasteiger partial charge in [-0.25, -0.2) is 0 Å².